The highest BCUT2D eigenvalue weighted by Crippen LogP contribution is 2.27. The van der Waals surface area contributed by atoms with E-state index < -0.39 is 0 Å². The van der Waals surface area contributed by atoms with Crippen molar-refractivity contribution in [3.05, 3.63) is 48.0 Å². The maximum absolute atomic E-state index is 6.14. The Morgan fingerprint density at radius 1 is 1.40 bits per heavy atom. The molecular formula is C14H19N. The second kappa shape index (κ2) is 4.63. The smallest absolute Gasteiger partial charge is 0.0105 e. The van der Waals surface area contributed by atoms with Gasteiger partial charge in [-0.1, -0.05) is 30.3 Å². The van der Waals surface area contributed by atoms with Crippen molar-refractivity contribution >= 4 is 0 Å². The molecule has 0 amide bonds. The molecule has 0 radical (unpaired) electrons. The van der Waals surface area contributed by atoms with Crippen molar-refractivity contribution in [1.29, 1.82) is 0 Å². The molecule has 0 spiro atoms. The normalized spacial score (nSPS) is 21.8. The second-order valence-electron chi connectivity index (χ2n) is 4.46. The Kier molecular flexibility index (Phi) is 3.22. The minimum Gasteiger partial charge on any atom is -0.327 e. The van der Waals surface area contributed by atoms with Gasteiger partial charge in [-0.05, 0) is 42.7 Å². The van der Waals surface area contributed by atoms with Gasteiger partial charge in [0.15, 0.2) is 0 Å². The number of fused-ring (bicyclic) bond motifs is 1. The summed E-state index contributed by atoms with van der Waals surface area (Å²) in [6, 6.07) is 9.02. The van der Waals surface area contributed by atoms with Crippen molar-refractivity contribution in [2.45, 2.75) is 31.7 Å². The molecule has 80 valence electrons. The van der Waals surface area contributed by atoms with Crippen LogP contribution in [0.15, 0.2) is 36.9 Å². The summed E-state index contributed by atoms with van der Waals surface area (Å²) in [5.41, 5.74) is 9.15. The predicted octanol–water partition coefficient (Wildman–Crippen LogP) is 2.69. The zero-order chi connectivity index (χ0) is 10.7. The molecular weight excluding hydrogens is 182 g/mol. The van der Waals surface area contributed by atoms with E-state index in [0.717, 1.165) is 12.8 Å². The molecule has 0 aromatic heterocycles. The predicted molar refractivity (Wildman–Crippen MR) is 64.7 cm³/mol. The number of aryl methyl sites for hydroxylation is 1. The van der Waals surface area contributed by atoms with Crippen molar-refractivity contribution in [1.82, 2.24) is 0 Å². The van der Waals surface area contributed by atoms with E-state index >= 15 is 0 Å². The third kappa shape index (κ3) is 2.29. The molecule has 0 bridgehead atoms. The molecule has 2 atom stereocenters. The summed E-state index contributed by atoms with van der Waals surface area (Å²) in [4.78, 5) is 0. The van der Waals surface area contributed by atoms with Gasteiger partial charge in [0, 0.05) is 6.04 Å². The summed E-state index contributed by atoms with van der Waals surface area (Å²) in [5.74, 6) is 0.637. The number of nitrogens with two attached hydrogens (primary N) is 1. The SMILES string of the molecule is C=CCC(N)C1CCc2ccccc2C1. The highest BCUT2D eigenvalue weighted by atomic mass is 14.6. The lowest BCUT2D eigenvalue weighted by atomic mass is 9.79. The van der Waals surface area contributed by atoms with E-state index in [-0.39, 0.29) is 6.04 Å². The van der Waals surface area contributed by atoms with Crippen LogP contribution in [0.3, 0.4) is 0 Å². The lowest BCUT2D eigenvalue weighted by molar-refractivity contribution is 0.376. The first-order chi connectivity index (χ1) is 7.31. The molecule has 2 unspecified atom stereocenters. The summed E-state index contributed by atoms with van der Waals surface area (Å²) in [5, 5.41) is 0. The maximum Gasteiger partial charge on any atom is 0.0105 e. The van der Waals surface area contributed by atoms with E-state index in [4.69, 9.17) is 5.73 Å². The Hall–Kier alpha value is -1.08. The Morgan fingerprint density at radius 2 is 2.13 bits per heavy atom. The quantitative estimate of drug-likeness (QED) is 0.748. The summed E-state index contributed by atoms with van der Waals surface area (Å²) in [7, 11) is 0. The molecule has 0 fully saturated rings. The number of hydrogen-bond donors (Lipinski definition) is 1. The number of benzene rings is 1. The summed E-state index contributed by atoms with van der Waals surface area (Å²) >= 11 is 0. The van der Waals surface area contributed by atoms with E-state index in [1.54, 1.807) is 0 Å². The van der Waals surface area contributed by atoms with Crippen molar-refractivity contribution < 1.29 is 0 Å². The number of rotatable bonds is 3. The average Bonchev–Trinajstić information content (AvgIpc) is 2.29. The Bertz CT molecular complexity index is 343. The highest BCUT2D eigenvalue weighted by Gasteiger charge is 2.22. The lowest BCUT2D eigenvalue weighted by Crippen LogP contribution is -2.33. The van der Waals surface area contributed by atoms with Crippen LogP contribution >= 0.6 is 0 Å². The van der Waals surface area contributed by atoms with Crippen molar-refractivity contribution in [3.8, 4) is 0 Å². The van der Waals surface area contributed by atoms with E-state index in [0.29, 0.717) is 5.92 Å². The Morgan fingerprint density at radius 3 is 2.87 bits per heavy atom. The van der Waals surface area contributed by atoms with Gasteiger partial charge in [0.1, 0.15) is 0 Å². The molecule has 1 aromatic carbocycles. The van der Waals surface area contributed by atoms with Gasteiger partial charge in [-0.15, -0.1) is 6.58 Å². The van der Waals surface area contributed by atoms with Crippen LogP contribution in [0.4, 0.5) is 0 Å². The molecule has 0 aliphatic heterocycles. The minimum atomic E-state index is 0.288. The molecule has 15 heavy (non-hydrogen) atoms. The molecule has 1 aliphatic rings. The van der Waals surface area contributed by atoms with Crippen molar-refractivity contribution in [2.24, 2.45) is 11.7 Å². The van der Waals surface area contributed by atoms with E-state index in [1.165, 1.54) is 24.0 Å². The molecule has 0 saturated carbocycles. The van der Waals surface area contributed by atoms with Crippen LogP contribution in [0, 0.1) is 5.92 Å². The molecule has 1 heteroatoms. The van der Waals surface area contributed by atoms with Crippen LogP contribution in [0.5, 0.6) is 0 Å². The fourth-order valence-electron chi connectivity index (χ4n) is 2.48. The van der Waals surface area contributed by atoms with Crippen LogP contribution in [0.25, 0.3) is 0 Å². The van der Waals surface area contributed by atoms with Gasteiger partial charge < -0.3 is 5.73 Å². The van der Waals surface area contributed by atoms with Gasteiger partial charge in [-0.25, -0.2) is 0 Å². The van der Waals surface area contributed by atoms with Gasteiger partial charge in [-0.3, -0.25) is 0 Å². The summed E-state index contributed by atoms with van der Waals surface area (Å²) < 4.78 is 0. The second-order valence-corrected chi connectivity index (χ2v) is 4.46. The summed E-state index contributed by atoms with van der Waals surface area (Å²) in [6.45, 7) is 3.76. The first-order valence-corrected chi connectivity index (χ1v) is 5.74. The van der Waals surface area contributed by atoms with Gasteiger partial charge in [0.25, 0.3) is 0 Å². The standard InChI is InChI=1S/C14H19N/c1-2-5-14(15)13-9-8-11-6-3-4-7-12(11)10-13/h2-4,6-7,13-14H,1,5,8-10,15H2. The lowest BCUT2D eigenvalue weighted by Gasteiger charge is -2.28. The van der Waals surface area contributed by atoms with Crippen LogP contribution in [0.1, 0.15) is 24.0 Å². The van der Waals surface area contributed by atoms with Gasteiger partial charge in [-0.2, -0.15) is 0 Å². The minimum absolute atomic E-state index is 0.288. The molecule has 1 nitrogen and oxygen atoms in total. The topological polar surface area (TPSA) is 26.0 Å². The van der Waals surface area contributed by atoms with Crippen LogP contribution < -0.4 is 5.73 Å². The van der Waals surface area contributed by atoms with Crippen LogP contribution in [-0.4, -0.2) is 6.04 Å². The van der Waals surface area contributed by atoms with Gasteiger partial charge in [0.2, 0.25) is 0 Å². The van der Waals surface area contributed by atoms with E-state index in [2.05, 4.69) is 30.8 Å². The van der Waals surface area contributed by atoms with E-state index in [9.17, 15) is 0 Å². The van der Waals surface area contributed by atoms with E-state index in [1.807, 2.05) is 6.08 Å². The zero-order valence-corrected chi connectivity index (χ0v) is 9.15. The van der Waals surface area contributed by atoms with Crippen LogP contribution in [-0.2, 0) is 12.8 Å². The molecule has 0 saturated heterocycles. The molecule has 0 heterocycles. The Balaban J connectivity index is 2.08. The van der Waals surface area contributed by atoms with Crippen molar-refractivity contribution in [3.63, 3.8) is 0 Å². The van der Waals surface area contributed by atoms with Crippen molar-refractivity contribution in [2.75, 3.05) is 0 Å². The fraction of sp³-hybridized carbons (Fsp3) is 0.429. The fourth-order valence-corrected chi connectivity index (χ4v) is 2.48. The third-order valence-electron chi connectivity index (χ3n) is 3.43. The van der Waals surface area contributed by atoms with Gasteiger partial charge >= 0.3 is 0 Å². The average molecular weight is 201 g/mol. The molecule has 2 rings (SSSR count). The Labute approximate surface area is 92.0 Å². The zero-order valence-electron chi connectivity index (χ0n) is 9.15. The first-order valence-electron chi connectivity index (χ1n) is 5.74. The monoisotopic (exact) mass is 201 g/mol. The van der Waals surface area contributed by atoms with Crippen LogP contribution in [0.2, 0.25) is 0 Å². The largest absolute Gasteiger partial charge is 0.327 e. The molecule has 2 N–H and O–H groups in total. The van der Waals surface area contributed by atoms with Gasteiger partial charge in [0.05, 0.1) is 0 Å². The third-order valence-corrected chi connectivity index (χ3v) is 3.43. The first kappa shape index (κ1) is 10.4. The number of hydrogen-bond acceptors (Lipinski definition) is 1. The maximum atomic E-state index is 6.14. The highest BCUT2D eigenvalue weighted by molar-refractivity contribution is 5.30. The summed E-state index contributed by atoms with van der Waals surface area (Å²) in [6.07, 6.45) is 6.43. The molecule has 1 aromatic rings. The molecule has 1 aliphatic carbocycles.